The summed E-state index contributed by atoms with van der Waals surface area (Å²) in [6, 6.07) is 18.6. The van der Waals surface area contributed by atoms with Gasteiger partial charge in [-0.15, -0.1) is 0 Å². The maximum atomic E-state index is 12.8. The number of anilines is 8. The van der Waals surface area contributed by atoms with E-state index in [0.717, 1.165) is 62.1 Å². The van der Waals surface area contributed by atoms with Crippen molar-refractivity contribution in [1.29, 1.82) is 0 Å². The maximum absolute atomic E-state index is 12.8. The third kappa shape index (κ3) is 8.11. The average Bonchev–Trinajstić information content (AvgIpc) is 3.11. The molecule has 2 saturated heterocycles. The van der Waals surface area contributed by atoms with Gasteiger partial charge in [0, 0.05) is 74.2 Å². The fraction of sp³-hybridized carbons (Fsp3) is 0.324. The van der Waals surface area contributed by atoms with Crippen molar-refractivity contribution in [2.45, 2.75) is 0 Å². The molecule has 2 fully saturated rings. The molecule has 2 amide bonds. The van der Waals surface area contributed by atoms with E-state index in [1.807, 2.05) is 42.5 Å². The van der Waals surface area contributed by atoms with Crippen LogP contribution >= 0.6 is 11.6 Å². The molecule has 4 N–H and O–H groups in total. The number of aromatic nitrogens is 2. The Hall–Kier alpha value is -4.98. The molecule has 48 heavy (non-hydrogen) atoms. The summed E-state index contributed by atoms with van der Waals surface area (Å²) in [5.74, 6) is 1.94. The van der Waals surface area contributed by atoms with Crippen LogP contribution in [0.1, 0.15) is 0 Å². The summed E-state index contributed by atoms with van der Waals surface area (Å²) in [7, 11) is 5.34. The van der Waals surface area contributed by atoms with Gasteiger partial charge in [0.2, 0.25) is 5.95 Å². The molecule has 4 aromatic rings. The number of ether oxygens (including phenoxy) is 3. The summed E-state index contributed by atoms with van der Waals surface area (Å²) < 4.78 is 16.8. The van der Waals surface area contributed by atoms with Crippen LogP contribution in [0.25, 0.3) is 0 Å². The summed E-state index contributed by atoms with van der Waals surface area (Å²) in [5.41, 5.74) is 4.76. The normalized spacial score (nSPS) is 15.1. The van der Waals surface area contributed by atoms with Crippen molar-refractivity contribution in [2.24, 2.45) is 0 Å². The smallest absolute Gasteiger partial charge is 0.323 e. The number of hydrogen-bond acceptors (Lipinski definition) is 11. The lowest BCUT2D eigenvalue weighted by Gasteiger charge is -2.34. The van der Waals surface area contributed by atoms with Crippen molar-refractivity contribution in [3.63, 3.8) is 0 Å². The van der Waals surface area contributed by atoms with Gasteiger partial charge >= 0.3 is 6.03 Å². The Kier molecular flexibility index (Phi) is 10.5. The van der Waals surface area contributed by atoms with Crippen LogP contribution < -0.4 is 40.5 Å². The number of likely N-dealkylation sites (N-methyl/N-ethyl adjacent to an activating group) is 1. The molecule has 6 rings (SSSR count). The number of rotatable bonds is 10. The van der Waals surface area contributed by atoms with E-state index in [9.17, 15) is 4.79 Å². The number of carbonyl (C=O) groups excluding carboxylic acids is 1. The fourth-order valence-electron chi connectivity index (χ4n) is 5.58. The zero-order chi connectivity index (χ0) is 33.5. The molecule has 14 heteroatoms. The van der Waals surface area contributed by atoms with Crippen LogP contribution in [0.3, 0.4) is 0 Å². The third-order valence-corrected chi connectivity index (χ3v) is 8.51. The number of carbonyl (C=O) groups is 1. The molecule has 0 aliphatic carbocycles. The first kappa shape index (κ1) is 32.9. The lowest BCUT2D eigenvalue weighted by atomic mass is 10.2. The van der Waals surface area contributed by atoms with E-state index in [2.05, 4.69) is 53.0 Å². The minimum Gasteiger partial charge on any atom is -0.495 e. The van der Waals surface area contributed by atoms with Crippen molar-refractivity contribution in [3.05, 3.63) is 71.9 Å². The molecular weight excluding hydrogens is 634 g/mol. The number of halogens is 1. The second kappa shape index (κ2) is 15.3. The fourth-order valence-corrected chi connectivity index (χ4v) is 5.72. The maximum Gasteiger partial charge on any atom is 0.323 e. The van der Waals surface area contributed by atoms with E-state index in [0.29, 0.717) is 52.8 Å². The molecule has 13 nitrogen and oxygen atoms in total. The van der Waals surface area contributed by atoms with E-state index < -0.39 is 0 Å². The third-order valence-electron chi connectivity index (χ3n) is 8.24. The summed E-state index contributed by atoms with van der Waals surface area (Å²) in [6.07, 6.45) is 1.52. The van der Waals surface area contributed by atoms with E-state index in [4.69, 9.17) is 25.8 Å². The molecule has 3 heterocycles. The standard InChI is InChI=1S/C34H40ClN9O4/c1-42-12-14-43(15-13-42)26-8-4-23(5-9-26)38-34(45)39-25-6-10-28(30(20-25)46-2)40-33-36-22-27(35)32(41-33)37-24-7-11-29(31(21-24)47-3)44-16-18-48-19-17-44/h4-11,20-22H,12-19H2,1-3H3,(H2,38,39,45)(H2,36,37,40,41). The van der Waals surface area contributed by atoms with Gasteiger partial charge in [-0.05, 0) is 55.6 Å². The van der Waals surface area contributed by atoms with E-state index in [-0.39, 0.29) is 6.03 Å². The number of methoxy groups -OCH3 is 2. The molecule has 0 bridgehead atoms. The molecule has 0 saturated carbocycles. The Bertz CT molecular complexity index is 1710. The van der Waals surface area contributed by atoms with Gasteiger partial charge in [-0.2, -0.15) is 4.98 Å². The number of morpholine rings is 1. The zero-order valence-electron chi connectivity index (χ0n) is 27.3. The van der Waals surface area contributed by atoms with E-state index in [1.165, 1.54) is 6.20 Å². The topological polar surface area (TPSA) is 128 Å². The predicted octanol–water partition coefficient (Wildman–Crippen LogP) is 5.87. The first-order chi connectivity index (χ1) is 23.4. The minimum atomic E-state index is -0.364. The number of urea groups is 1. The SMILES string of the molecule is COc1cc(NC(=O)Nc2ccc(N3CCN(C)CC3)cc2)ccc1Nc1ncc(Cl)c(Nc2ccc(N3CCOCC3)c(OC)c2)n1. The molecule has 3 aromatic carbocycles. The predicted molar refractivity (Wildman–Crippen MR) is 191 cm³/mol. The molecule has 252 valence electrons. The number of piperazine rings is 1. The molecule has 1 aromatic heterocycles. The lowest BCUT2D eigenvalue weighted by Crippen LogP contribution is -2.44. The van der Waals surface area contributed by atoms with Crippen molar-refractivity contribution < 1.29 is 19.0 Å². The largest absolute Gasteiger partial charge is 0.495 e. The highest BCUT2D eigenvalue weighted by molar-refractivity contribution is 6.32. The molecule has 2 aliphatic heterocycles. The summed E-state index contributed by atoms with van der Waals surface area (Å²) >= 11 is 6.47. The zero-order valence-corrected chi connectivity index (χ0v) is 28.0. The van der Waals surface area contributed by atoms with Gasteiger partial charge in [0.1, 0.15) is 16.5 Å². The Morgan fingerprint density at radius 2 is 1.46 bits per heavy atom. The highest BCUT2D eigenvalue weighted by atomic mass is 35.5. The Morgan fingerprint density at radius 3 is 2.19 bits per heavy atom. The van der Waals surface area contributed by atoms with E-state index >= 15 is 0 Å². The van der Waals surface area contributed by atoms with E-state index in [1.54, 1.807) is 32.4 Å². The molecule has 0 atom stereocenters. The molecule has 0 radical (unpaired) electrons. The van der Waals surface area contributed by atoms with Crippen LogP contribution in [0.2, 0.25) is 5.02 Å². The quantitative estimate of drug-likeness (QED) is 0.161. The van der Waals surface area contributed by atoms with Gasteiger partial charge in [0.25, 0.3) is 0 Å². The monoisotopic (exact) mass is 673 g/mol. The number of nitrogens with zero attached hydrogens (tertiary/aromatic N) is 5. The van der Waals surface area contributed by atoms with Crippen LogP contribution in [0, 0.1) is 0 Å². The van der Waals surface area contributed by atoms with Crippen molar-refractivity contribution in [3.8, 4) is 11.5 Å². The number of amides is 2. The average molecular weight is 674 g/mol. The number of nitrogens with one attached hydrogen (secondary N) is 4. The summed E-state index contributed by atoms with van der Waals surface area (Å²) in [4.78, 5) is 28.6. The molecule has 0 unspecified atom stereocenters. The second-order valence-electron chi connectivity index (χ2n) is 11.5. The lowest BCUT2D eigenvalue weighted by molar-refractivity contribution is 0.122. The van der Waals surface area contributed by atoms with Crippen LogP contribution in [-0.4, -0.2) is 94.6 Å². The summed E-state index contributed by atoms with van der Waals surface area (Å²) in [6.45, 7) is 7.00. The Labute approximate surface area is 285 Å². The van der Waals surface area contributed by atoms with Gasteiger partial charge in [0.05, 0.1) is 45.0 Å². The highest BCUT2D eigenvalue weighted by Gasteiger charge is 2.18. The molecular formula is C34H40ClN9O4. The second-order valence-corrected chi connectivity index (χ2v) is 11.9. The number of hydrogen-bond donors (Lipinski definition) is 4. The molecule has 0 spiro atoms. The first-order valence-corrected chi connectivity index (χ1v) is 16.1. The van der Waals surface area contributed by atoms with Crippen molar-refractivity contribution in [2.75, 3.05) is 105 Å². The van der Waals surface area contributed by atoms with Crippen molar-refractivity contribution >= 4 is 63.5 Å². The Balaban J connectivity index is 1.08. The van der Waals surface area contributed by atoms with Gasteiger partial charge in [-0.25, -0.2) is 9.78 Å². The van der Waals surface area contributed by atoms with Crippen LogP contribution in [0.4, 0.5) is 50.7 Å². The van der Waals surface area contributed by atoms with Crippen LogP contribution in [0.15, 0.2) is 66.9 Å². The van der Waals surface area contributed by atoms with Gasteiger partial charge < -0.3 is 50.2 Å². The van der Waals surface area contributed by atoms with Crippen LogP contribution in [0.5, 0.6) is 11.5 Å². The van der Waals surface area contributed by atoms with Crippen molar-refractivity contribution in [1.82, 2.24) is 14.9 Å². The van der Waals surface area contributed by atoms with Crippen LogP contribution in [-0.2, 0) is 4.74 Å². The number of benzene rings is 3. The van der Waals surface area contributed by atoms with Gasteiger partial charge in [-0.3, -0.25) is 0 Å². The van der Waals surface area contributed by atoms with Gasteiger partial charge in [0.15, 0.2) is 5.82 Å². The highest BCUT2D eigenvalue weighted by Crippen LogP contribution is 2.35. The Morgan fingerprint density at radius 1 is 0.792 bits per heavy atom. The minimum absolute atomic E-state index is 0.301. The first-order valence-electron chi connectivity index (χ1n) is 15.8. The van der Waals surface area contributed by atoms with Gasteiger partial charge in [-0.1, -0.05) is 11.6 Å². The molecule has 2 aliphatic rings. The summed E-state index contributed by atoms with van der Waals surface area (Å²) in [5, 5.41) is 12.6.